The molecule has 0 saturated heterocycles. The molecule has 10 heavy (non-hydrogen) atoms. The van der Waals surface area contributed by atoms with Gasteiger partial charge < -0.3 is 0 Å². The van der Waals surface area contributed by atoms with Crippen molar-refractivity contribution in [3.05, 3.63) is 0 Å². The molecule has 4 atom stereocenters. The van der Waals surface area contributed by atoms with E-state index in [1.807, 2.05) is 0 Å². The van der Waals surface area contributed by atoms with Gasteiger partial charge in [-0.3, -0.25) is 0 Å². The molecular formula is HCl2P8+. The van der Waals surface area contributed by atoms with Crippen LogP contribution in [0.5, 0.6) is 0 Å². The third kappa shape index (κ3) is 0.742. The number of halogens is 2. The zero-order chi connectivity index (χ0) is 6.67. The standard InChI is InChI=1S/Cl2HP8/c1-10(2)8-7(9(8)10)6-4-3-5(4)6/h3H/q+1. The van der Waals surface area contributed by atoms with Crippen LogP contribution in [0.2, 0.25) is 0 Å². The summed E-state index contributed by atoms with van der Waals surface area (Å²) in [4.78, 5) is 0. The van der Waals surface area contributed by atoms with E-state index < -0.39 is 5.35 Å². The molecule has 1 aliphatic rings. The van der Waals surface area contributed by atoms with E-state index in [-0.39, 0.29) is 0 Å². The van der Waals surface area contributed by atoms with Gasteiger partial charge in [0.25, 0.3) is 0 Å². The van der Waals surface area contributed by atoms with Gasteiger partial charge >= 0.3 is 5.35 Å². The topological polar surface area (TPSA) is 0 Å². The van der Waals surface area contributed by atoms with Gasteiger partial charge in [-0.25, -0.2) is 0 Å². The minimum absolute atomic E-state index is 0.454. The fraction of sp³-hybridized carbons (Fsp3) is 0. The maximum absolute atomic E-state index is 6.15. The van der Waals surface area contributed by atoms with Crippen LogP contribution in [0.1, 0.15) is 0 Å². The maximum atomic E-state index is 6.15. The molecule has 0 aromatic carbocycles. The summed E-state index contributed by atoms with van der Waals surface area (Å²) in [6.07, 6.45) is 1.67. The average Bonchev–Trinajstić information content (AvgIpc) is 2.62. The second-order valence-corrected chi connectivity index (χ2v) is 59.6. The van der Waals surface area contributed by atoms with Crippen LogP contribution >= 0.6 is 74.4 Å². The van der Waals surface area contributed by atoms with Crippen LogP contribution in [0.4, 0.5) is 0 Å². The van der Waals surface area contributed by atoms with Gasteiger partial charge in [-0.1, -0.05) is 7.55 Å². The predicted molar refractivity (Wildman–Crippen MR) is 68.5 cm³/mol. The quantitative estimate of drug-likeness (QED) is 0.398. The lowest BCUT2D eigenvalue weighted by molar-refractivity contribution is 4.56. The number of rotatable bonds is 1. The number of fused-ring (bicyclic) bond motifs is 2. The second kappa shape index (κ2) is 1.89. The van der Waals surface area contributed by atoms with Gasteiger partial charge in [0.15, 0.2) is 13.2 Å². The van der Waals surface area contributed by atoms with E-state index >= 15 is 0 Å². The van der Waals surface area contributed by atoms with E-state index in [0.29, 0.717) is 19.7 Å². The summed E-state index contributed by atoms with van der Waals surface area (Å²) in [5, 5.41) is -1.07. The van der Waals surface area contributed by atoms with Crippen molar-refractivity contribution in [1.82, 2.24) is 0 Å². The van der Waals surface area contributed by atoms with Gasteiger partial charge in [-0.15, -0.1) is 0 Å². The zero-order valence-corrected chi connectivity index (χ0v) is 13.2. The number of hydrogen-bond acceptors (Lipinski definition) is 0. The van der Waals surface area contributed by atoms with Crippen LogP contribution in [-0.2, 0) is 0 Å². The summed E-state index contributed by atoms with van der Waals surface area (Å²) >= 11 is 12.3. The molecule has 0 fully saturated rings. The highest BCUT2D eigenvalue weighted by atomic mass is 35.9. The van der Waals surface area contributed by atoms with Crippen molar-refractivity contribution in [2.24, 2.45) is 0 Å². The molecule has 0 spiro atoms. The Morgan fingerprint density at radius 2 is 1.60 bits per heavy atom. The highest BCUT2D eigenvalue weighted by molar-refractivity contribution is 9.47. The van der Waals surface area contributed by atoms with Crippen molar-refractivity contribution in [3.8, 4) is 0 Å². The Morgan fingerprint density at radius 1 is 1.00 bits per heavy atom. The summed E-state index contributed by atoms with van der Waals surface area (Å²) in [6, 6.07) is 0. The van der Waals surface area contributed by atoms with E-state index in [1.54, 1.807) is 0 Å². The molecule has 3 aromatic heterocycles. The van der Waals surface area contributed by atoms with Gasteiger partial charge in [0.1, 0.15) is 22.5 Å². The van der Waals surface area contributed by atoms with Crippen LogP contribution < -0.4 is 0 Å². The lowest BCUT2D eigenvalue weighted by atomic mass is 29.1. The van der Waals surface area contributed by atoms with Gasteiger partial charge in [-0.05, 0) is 12.7 Å². The van der Waals surface area contributed by atoms with Gasteiger partial charge in [0.2, 0.25) is 0 Å². The lowest BCUT2D eigenvalue weighted by Crippen LogP contribution is -1.22. The molecule has 0 nitrogen and oxygen atoms in total. The fourth-order valence-corrected chi connectivity index (χ4v) is 212. The lowest BCUT2D eigenvalue weighted by Gasteiger charge is -1.88. The van der Waals surface area contributed by atoms with Crippen molar-refractivity contribution in [2.45, 2.75) is 0 Å². The third-order valence-corrected chi connectivity index (χ3v) is 113. The molecule has 0 radical (unpaired) electrons. The first-order valence-corrected chi connectivity index (χ1v) is 23.3. The molecule has 4 unspecified atom stereocenters. The Balaban J connectivity index is 1.84. The molecule has 4 rings (SSSR count). The molecule has 4 heterocycles. The average molecular weight is 320 g/mol. The van der Waals surface area contributed by atoms with Crippen molar-refractivity contribution in [3.63, 3.8) is 0 Å². The second-order valence-electron chi connectivity index (χ2n) is 2.21. The first-order valence-electron chi connectivity index (χ1n) is 2.59. The fourth-order valence-electron chi connectivity index (χ4n) is 0.930. The molecule has 0 N–H and O–H groups in total. The summed E-state index contributed by atoms with van der Waals surface area (Å²) < 4.78 is 0. The van der Waals surface area contributed by atoms with E-state index in [4.69, 9.17) is 22.5 Å². The van der Waals surface area contributed by atoms with Gasteiger partial charge in [0, 0.05) is 6.58 Å². The Labute approximate surface area is 74.1 Å². The van der Waals surface area contributed by atoms with Crippen molar-refractivity contribution >= 4 is 74.4 Å². The van der Waals surface area contributed by atoms with E-state index in [2.05, 4.69) is 0 Å². The zero-order valence-electron chi connectivity index (χ0n) is 4.39. The molecule has 54 valence electrons. The van der Waals surface area contributed by atoms with Gasteiger partial charge in [0.05, 0.1) is 6.58 Å². The Bertz CT molecular complexity index is 440. The highest BCUT2D eigenvalue weighted by Crippen LogP contribution is 3.45. The normalized spacial score (nSPS) is 33.4. The Hall–Kier alpha value is 3.11. The molecule has 0 aliphatic carbocycles. The van der Waals surface area contributed by atoms with Crippen molar-refractivity contribution in [1.29, 1.82) is 0 Å². The first kappa shape index (κ1) is 7.41. The summed E-state index contributed by atoms with van der Waals surface area (Å²) in [7, 11) is 1.53. The van der Waals surface area contributed by atoms with Crippen molar-refractivity contribution < 1.29 is 0 Å². The van der Waals surface area contributed by atoms with Crippen molar-refractivity contribution in [2.75, 3.05) is 0 Å². The first-order chi connectivity index (χ1) is 4.73. The SMILES string of the molecule is Cl[P+]1(Cl)p2p(-p3p4[pH]p34)p21. The minimum Gasteiger partial charge on any atom is -0.0716 e. The van der Waals surface area contributed by atoms with E-state index in [9.17, 15) is 0 Å². The Kier molecular flexibility index (Phi) is 1.40. The molecular weight excluding hydrogens is 319 g/mol. The van der Waals surface area contributed by atoms with Crippen LogP contribution in [0.15, 0.2) is 0 Å². The van der Waals surface area contributed by atoms with E-state index in [0.717, 1.165) is 19.3 Å². The predicted octanol–water partition coefficient (Wildman–Crippen LogP) is 8.00. The van der Waals surface area contributed by atoms with Crippen LogP contribution in [0.25, 0.3) is 0 Å². The molecule has 0 amide bonds. The molecule has 1 aliphatic heterocycles. The highest BCUT2D eigenvalue weighted by Gasteiger charge is 2.78. The smallest absolute Gasteiger partial charge is 0.0716 e. The molecule has 0 saturated carbocycles. The molecule has 3 aromatic rings. The summed E-state index contributed by atoms with van der Waals surface area (Å²) in [5.74, 6) is 0. The third-order valence-electron chi connectivity index (χ3n) is 1.64. The summed E-state index contributed by atoms with van der Waals surface area (Å²) in [5.41, 5.74) is 0. The molecule has 0 bridgehead atoms. The monoisotopic (exact) mass is 319 g/mol. The van der Waals surface area contributed by atoms with Gasteiger partial charge in [-0.2, -0.15) is 0 Å². The minimum atomic E-state index is -1.07. The van der Waals surface area contributed by atoms with Crippen LogP contribution in [-0.4, -0.2) is 0 Å². The van der Waals surface area contributed by atoms with Crippen LogP contribution in [0, 0.1) is 0 Å². The Morgan fingerprint density at radius 3 is 1.90 bits per heavy atom. The van der Waals surface area contributed by atoms with E-state index in [1.165, 1.54) is 7.55 Å². The molecule has 10 heteroatoms. The maximum Gasteiger partial charge on any atom is 0.316 e. The largest absolute Gasteiger partial charge is 0.316 e. The number of hydrogen-bond donors (Lipinski definition) is 0. The van der Waals surface area contributed by atoms with Crippen LogP contribution in [0.3, 0.4) is 0 Å². The summed E-state index contributed by atoms with van der Waals surface area (Å²) in [6.45, 7) is 2.42.